The maximum atomic E-state index is 13.8. The third-order valence-corrected chi connectivity index (χ3v) is 8.54. The van der Waals surface area contributed by atoms with Crippen LogP contribution in [0.4, 0.5) is 5.69 Å². The van der Waals surface area contributed by atoms with Crippen LogP contribution in [0.3, 0.4) is 0 Å². The van der Waals surface area contributed by atoms with Gasteiger partial charge >= 0.3 is 0 Å². The predicted octanol–water partition coefficient (Wildman–Crippen LogP) is 5.36. The fourth-order valence-corrected chi connectivity index (χ4v) is 5.49. The van der Waals surface area contributed by atoms with Crippen molar-refractivity contribution in [2.45, 2.75) is 45.2 Å². The van der Waals surface area contributed by atoms with Gasteiger partial charge < -0.3 is 10.2 Å². The Morgan fingerprint density at radius 1 is 0.895 bits per heavy atom. The Labute approximate surface area is 234 Å². The molecule has 0 radical (unpaired) electrons. The van der Waals surface area contributed by atoms with E-state index in [1.165, 1.54) is 29.2 Å². The van der Waals surface area contributed by atoms with Crippen LogP contribution in [0.5, 0.6) is 0 Å². The van der Waals surface area contributed by atoms with E-state index in [-0.39, 0.29) is 17.3 Å². The number of halogens is 2. The Hall–Kier alpha value is -3.07. The van der Waals surface area contributed by atoms with E-state index >= 15 is 0 Å². The molecule has 1 N–H and O–H groups in total. The van der Waals surface area contributed by atoms with Gasteiger partial charge in [0, 0.05) is 23.1 Å². The summed E-state index contributed by atoms with van der Waals surface area (Å²) in [6.07, 6.45) is 0. The molecule has 7 nitrogen and oxygen atoms in total. The van der Waals surface area contributed by atoms with Gasteiger partial charge in [0.05, 0.1) is 10.6 Å². The number of amides is 2. The Bertz CT molecular complexity index is 1390. The van der Waals surface area contributed by atoms with Gasteiger partial charge in [0.1, 0.15) is 12.6 Å². The van der Waals surface area contributed by atoms with Crippen LogP contribution < -0.4 is 9.62 Å². The zero-order valence-electron chi connectivity index (χ0n) is 21.7. The Kier molecular flexibility index (Phi) is 9.82. The number of hydrogen-bond acceptors (Lipinski definition) is 4. The van der Waals surface area contributed by atoms with E-state index < -0.39 is 28.5 Å². The number of likely N-dealkylation sites (N-methyl/N-ethyl adjacent to an activating group) is 1. The second-order valence-corrected chi connectivity index (χ2v) is 11.7. The molecule has 0 heterocycles. The molecular formula is C28H31Cl2N3O4S. The SMILES string of the molecule is CCNC(=O)[C@@H](C)N(Cc1ccc(Cl)cc1)C(=O)CN(c1ccc(C)c(C)c1)S(=O)(=O)c1ccc(Cl)cc1. The molecule has 1 atom stereocenters. The first kappa shape index (κ1) is 29.5. The smallest absolute Gasteiger partial charge is 0.264 e. The zero-order valence-corrected chi connectivity index (χ0v) is 24.1. The van der Waals surface area contributed by atoms with Crippen LogP contribution >= 0.6 is 23.2 Å². The van der Waals surface area contributed by atoms with Gasteiger partial charge in [-0.2, -0.15) is 0 Å². The minimum Gasteiger partial charge on any atom is -0.355 e. The number of aryl methyl sites for hydroxylation is 2. The number of anilines is 1. The highest BCUT2D eigenvalue weighted by Crippen LogP contribution is 2.27. The quantitative estimate of drug-likeness (QED) is 0.352. The average Bonchev–Trinajstić information content (AvgIpc) is 2.88. The minimum atomic E-state index is -4.15. The van der Waals surface area contributed by atoms with E-state index in [1.807, 2.05) is 19.9 Å². The number of sulfonamides is 1. The highest BCUT2D eigenvalue weighted by atomic mass is 35.5. The van der Waals surface area contributed by atoms with E-state index in [2.05, 4.69) is 5.32 Å². The summed E-state index contributed by atoms with van der Waals surface area (Å²) < 4.78 is 28.7. The van der Waals surface area contributed by atoms with E-state index in [1.54, 1.807) is 50.2 Å². The summed E-state index contributed by atoms with van der Waals surface area (Å²) in [5.74, 6) is -0.873. The van der Waals surface area contributed by atoms with Gasteiger partial charge in [0.2, 0.25) is 11.8 Å². The summed E-state index contributed by atoms with van der Waals surface area (Å²) in [6.45, 7) is 7.18. The molecule has 0 unspecified atom stereocenters. The van der Waals surface area contributed by atoms with Crippen LogP contribution in [-0.2, 0) is 26.2 Å². The molecule has 0 aliphatic heterocycles. The zero-order chi connectivity index (χ0) is 28.0. The summed E-state index contributed by atoms with van der Waals surface area (Å²) >= 11 is 12.0. The molecule has 0 saturated carbocycles. The standard InChI is InChI=1S/C28H31Cl2N3O4S/c1-5-31-28(35)21(4)32(17-22-7-9-23(29)10-8-22)27(34)18-33(25-13-6-19(2)20(3)16-25)38(36,37)26-14-11-24(30)12-15-26/h6-16,21H,5,17-18H2,1-4H3,(H,31,35)/t21-/m1/s1. The van der Waals surface area contributed by atoms with Gasteiger partial charge in [-0.3, -0.25) is 13.9 Å². The number of hydrogen-bond donors (Lipinski definition) is 1. The Morgan fingerprint density at radius 3 is 2.03 bits per heavy atom. The van der Waals surface area contributed by atoms with Crippen LogP contribution in [0, 0.1) is 13.8 Å². The van der Waals surface area contributed by atoms with Crippen molar-refractivity contribution in [2.24, 2.45) is 0 Å². The molecule has 0 aliphatic carbocycles. The average molecular weight is 577 g/mol. The van der Waals surface area contributed by atoms with Gasteiger partial charge in [-0.15, -0.1) is 0 Å². The van der Waals surface area contributed by atoms with Gasteiger partial charge in [-0.25, -0.2) is 8.42 Å². The molecule has 0 saturated heterocycles. The Balaban J connectivity index is 2.05. The lowest BCUT2D eigenvalue weighted by Crippen LogP contribution is -2.51. The van der Waals surface area contributed by atoms with Crippen LogP contribution in [0.25, 0.3) is 0 Å². The molecule has 10 heteroatoms. The highest BCUT2D eigenvalue weighted by molar-refractivity contribution is 7.92. The molecule has 0 aliphatic rings. The largest absolute Gasteiger partial charge is 0.355 e. The topological polar surface area (TPSA) is 86.8 Å². The van der Waals surface area contributed by atoms with E-state index in [0.29, 0.717) is 22.3 Å². The van der Waals surface area contributed by atoms with Crippen LogP contribution in [0.2, 0.25) is 10.0 Å². The maximum absolute atomic E-state index is 13.8. The number of rotatable bonds is 10. The number of carbonyl (C=O) groups excluding carboxylic acids is 2. The predicted molar refractivity (Wildman–Crippen MR) is 152 cm³/mol. The van der Waals surface area contributed by atoms with Crippen molar-refractivity contribution in [2.75, 3.05) is 17.4 Å². The third-order valence-electron chi connectivity index (χ3n) is 6.24. The number of nitrogens with one attached hydrogen (secondary N) is 1. The number of benzene rings is 3. The molecule has 3 rings (SSSR count). The van der Waals surface area contributed by atoms with Crippen molar-refractivity contribution >= 4 is 50.7 Å². The second-order valence-electron chi connectivity index (χ2n) is 8.95. The van der Waals surface area contributed by atoms with Crippen molar-refractivity contribution in [3.05, 3.63) is 93.5 Å². The van der Waals surface area contributed by atoms with Crippen LogP contribution in [0.1, 0.15) is 30.5 Å². The fourth-order valence-electron chi connectivity index (χ4n) is 3.83. The normalized spacial score (nSPS) is 12.1. The van der Waals surface area contributed by atoms with Gasteiger partial charge in [0.25, 0.3) is 10.0 Å². The summed E-state index contributed by atoms with van der Waals surface area (Å²) in [7, 11) is -4.15. The van der Waals surface area contributed by atoms with Gasteiger partial charge in [-0.1, -0.05) is 41.4 Å². The summed E-state index contributed by atoms with van der Waals surface area (Å²) in [5, 5.41) is 3.67. The monoisotopic (exact) mass is 575 g/mol. The third kappa shape index (κ3) is 7.07. The molecule has 0 aromatic heterocycles. The lowest BCUT2D eigenvalue weighted by atomic mass is 10.1. The van der Waals surface area contributed by atoms with Gasteiger partial charge in [-0.05, 0) is 92.9 Å². The van der Waals surface area contributed by atoms with Crippen molar-refractivity contribution in [3.63, 3.8) is 0 Å². The van der Waals surface area contributed by atoms with E-state index in [9.17, 15) is 18.0 Å². The Morgan fingerprint density at radius 2 is 1.47 bits per heavy atom. The molecule has 202 valence electrons. The first-order chi connectivity index (χ1) is 17.9. The summed E-state index contributed by atoms with van der Waals surface area (Å²) in [5.41, 5.74) is 2.95. The lowest BCUT2D eigenvalue weighted by Gasteiger charge is -2.32. The maximum Gasteiger partial charge on any atom is 0.264 e. The van der Waals surface area contributed by atoms with Crippen LogP contribution in [0.15, 0.2) is 71.6 Å². The van der Waals surface area contributed by atoms with Crippen LogP contribution in [-0.4, -0.2) is 44.3 Å². The first-order valence-corrected chi connectivity index (χ1v) is 14.3. The highest BCUT2D eigenvalue weighted by Gasteiger charge is 2.32. The second kappa shape index (κ2) is 12.7. The molecule has 3 aromatic rings. The number of carbonyl (C=O) groups is 2. The summed E-state index contributed by atoms with van der Waals surface area (Å²) in [4.78, 5) is 27.9. The minimum absolute atomic E-state index is 0.00560. The van der Waals surface area contributed by atoms with Gasteiger partial charge in [0.15, 0.2) is 0 Å². The van der Waals surface area contributed by atoms with Crippen molar-refractivity contribution < 1.29 is 18.0 Å². The number of nitrogens with zero attached hydrogens (tertiary/aromatic N) is 2. The molecule has 2 amide bonds. The van der Waals surface area contributed by atoms with E-state index in [0.717, 1.165) is 21.0 Å². The molecule has 3 aromatic carbocycles. The first-order valence-electron chi connectivity index (χ1n) is 12.1. The molecule has 0 fully saturated rings. The van der Waals surface area contributed by atoms with Crippen molar-refractivity contribution in [1.82, 2.24) is 10.2 Å². The molecule has 0 spiro atoms. The molecule has 38 heavy (non-hydrogen) atoms. The fraction of sp³-hybridized carbons (Fsp3) is 0.286. The molecule has 0 bridgehead atoms. The van der Waals surface area contributed by atoms with E-state index in [4.69, 9.17) is 23.2 Å². The van der Waals surface area contributed by atoms with Crippen molar-refractivity contribution in [1.29, 1.82) is 0 Å². The lowest BCUT2D eigenvalue weighted by molar-refractivity contribution is -0.139. The van der Waals surface area contributed by atoms with Crippen molar-refractivity contribution in [3.8, 4) is 0 Å². The summed E-state index contributed by atoms with van der Waals surface area (Å²) in [6, 6.07) is 17.0. The molecular weight excluding hydrogens is 545 g/mol.